The van der Waals surface area contributed by atoms with Gasteiger partial charge in [-0.1, -0.05) is 277 Å². The first-order valence-corrected chi connectivity index (χ1v) is 44.2. The molecule has 694 valence electrons. The minimum atomic E-state index is -0.471. The average Bonchev–Trinajstić information content (AvgIpc) is 1.74. The fraction of sp³-hybridized carbons (Fsp3) is 0.189. The summed E-state index contributed by atoms with van der Waals surface area (Å²) in [6, 6.07) is 57.0. The molecule has 7 aromatic heterocycles. The summed E-state index contributed by atoms with van der Waals surface area (Å²) in [6.45, 7) is 42.3. The standard InChI is InChI=1S/C18H17ClN4OS2.C16H10ClN3OS2.C11H7ClN2S.C11H7N5S.C11H9N3S.C8H6N2O.C8H6N2S.C3H4Cl2O.9CH4/c1-23(2)16(20)11-3-5-12(6-4-11)18-22-13(10-25-18)9-21-17(24)14-7-8-15(19)26-14;1-18-11-4-2-10(3-5-11)16-20-12(9-22-16)8-19-15(21)13-6-7-14(17)23-13;1-13-9-4-2-8(3-5-9)11-14-10(6-12)7-15-11;1-13-9-4-2-8(3-5-9)11-15-10(7-17-11)6-14-16-12;1-13-9-4-2-8(3-5-9)11-14-10(6-12)7-15-11;2*1-10-7-4-2-6(3-5-7)8(9)11;4-1-3(6)2-5;;;;;;;;;/h3-8,10,20H,9H2,1-2H3,(H,21,24);2-7,9H,8H2,(H,19,21);2-5,7H,6H2;2-5,7H,6H2;2-5,7H,6,12H2;2*2-5H,(H2,9,11);1-2H2;9*1H4. The number of nitrogens with zero attached hydrogens (tertiary/aromatic N) is 15. The van der Waals surface area contributed by atoms with E-state index < -0.39 is 5.91 Å². The van der Waals surface area contributed by atoms with E-state index in [0.717, 1.165) is 92.5 Å². The van der Waals surface area contributed by atoms with Crippen LogP contribution in [0.1, 0.15) is 136 Å². The Bertz CT molecular complexity index is 6060. The summed E-state index contributed by atoms with van der Waals surface area (Å²) in [5.41, 5.74) is 38.9. The van der Waals surface area contributed by atoms with Crippen LogP contribution >= 0.6 is 150 Å². The van der Waals surface area contributed by atoms with Crippen LogP contribution in [0.2, 0.25) is 8.67 Å². The highest BCUT2D eigenvalue weighted by Gasteiger charge is 2.15. The van der Waals surface area contributed by atoms with Gasteiger partial charge in [0.25, 0.3) is 11.8 Å². The number of alkyl halides is 3. The topological polar surface area (TPSA) is 337 Å². The molecule has 0 bridgehead atoms. The maximum atomic E-state index is 12.1. The van der Waals surface area contributed by atoms with Gasteiger partial charge in [-0.25, -0.2) is 54.0 Å². The molecule has 14 aromatic rings. The van der Waals surface area contributed by atoms with Crippen LogP contribution in [0, 0.1) is 44.8 Å². The average molecular weight is 2040 g/mol. The van der Waals surface area contributed by atoms with Crippen LogP contribution in [0.15, 0.2) is 226 Å². The minimum Gasteiger partial charge on any atom is -0.389 e. The van der Waals surface area contributed by atoms with Gasteiger partial charge in [0.15, 0.2) is 39.9 Å². The molecule has 7 aromatic carbocycles. The number of nitrogens with two attached hydrogens (primary N) is 3. The van der Waals surface area contributed by atoms with Crippen LogP contribution in [0.3, 0.4) is 0 Å². The van der Waals surface area contributed by atoms with E-state index in [2.05, 4.69) is 74.6 Å². The van der Waals surface area contributed by atoms with Crippen molar-refractivity contribution in [3.8, 4) is 52.9 Å². The molecule has 38 heteroatoms. The van der Waals surface area contributed by atoms with Gasteiger partial charge in [0.2, 0.25) is 5.91 Å². The highest BCUT2D eigenvalue weighted by Crippen LogP contribution is 2.32. The summed E-state index contributed by atoms with van der Waals surface area (Å²) in [4.78, 5) is 92.4. The number of carbonyl (C=O) groups excluding carboxylic acids is 4. The Morgan fingerprint density at radius 2 is 0.692 bits per heavy atom. The lowest BCUT2D eigenvalue weighted by atomic mass is 10.1. The van der Waals surface area contributed by atoms with Gasteiger partial charge in [-0.15, -0.1) is 114 Å². The lowest BCUT2D eigenvalue weighted by Crippen LogP contribution is -2.21. The van der Waals surface area contributed by atoms with E-state index in [1.807, 2.05) is 114 Å². The molecule has 0 aliphatic carbocycles. The van der Waals surface area contributed by atoms with Crippen LogP contribution in [0.5, 0.6) is 0 Å². The van der Waals surface area contributed by atoms with Crippen molar-refractivity contribution in [3.05, 3.63) is 364 Å². The van der Waals surface area contributed by atoms with Gasteiger partial charge in [0.1, 0.15) is 35.9 Å². The molecule has 133 heavy (non-hydrogen) atoms. The van der Waals surface area contributed by atoms with E-state index in [0.29, 0.717) is 94.5 Å². The van der Waals surface area contributed by atoms with Crippen LogP contribution in [-0.4, -0.2) is 90.0 Å². The molecule has 0 aliphatic heterocycles. The monoisotopic (exact) mass is 2030 g/mol. The number of amides is 3. The number of hydrogen-bond donors (Lipinski definition) is 6. The lowest BCUT2D eigenvalue weighted by molar-refractivity contribution is -0.114. The third kappa shape index (κ3) is 41.7. The van der Waals surface area contributed by atoms with E-state index in [-0.39, 0.29) is 103 Å². The number of primary amides is 1. The van der Waals surface area contributed by atoms with Crippen molar-refractivity contribution in [2.75, 3.05) is 25.9 Å². The minimum absolute atomic E-state index is 0. The van der Waals surface area contributed by atoms with Crippen LogP contribution in [0.25, 0.3) is 92.4 Å². The molecular weight excluding hydrogens is 1930 g/mol. The van der Waals surface area contributed by atoms with Crippen molar-refractivity contribution >= 4 is 218 Å². The molecule has 0 saturated carbocycles. The fourth-order valence-electron chi connectivity index (χ4n) is 9.26. The van der Waals surface area contributed by atoms with Gasteiger partial charge in [0, 0.05) is 97.0 Å². The van der Waals surface area contributed by atoms with Crippen molar-refractivity contribution in [1.29, 1.82) is 5.41 Å². The number of azide groups is 1. The molecule has 14 rings (SSSR count). The lowest BCUT2D eigenvalue weighted by Gasteiger charge is -2.13. The number of aromatic nitrogens is 5. The van der Waals surface area contributed by atoms with Gasteiger partial charge in [-0.3, -0.25) is 24.6 Å². The summed E-state index contributed by atoms with van der Waals surface area (Å²) >= 11 is 42.3. The number of amidine groups is 1. The predicted octanol–water partition coefficient (Wildman–Crippen LogP) is 30.4. The molecule has 9 N–H and O–H groups in total. The van der Waals surface area contributed by atoms with E-state index in [4.69, 9.17) is 138 Å². The number of thiophene rings is 2. The van der Waals surface area contributed by atoms with Crippen LogP contribution in [-0.2, 0) is 36.9 Å². The number of nitrogens with one attached hydrogen (secondary N) is 3. The zero-order chi connectivity index (χ0) is 89.9. The smallest absolute Gasteiger partial charge is 0.261 e. The number of hydrogen-bond acceptors (Lipinski definition) is 20. The Labute approximate surface area is 839 Å². The molecule has 25 nitrogen and oxygen atoms in total. The fourth-order valence-corrected chi connectivity index (χ4v) is 16.0. The number of halogens is 5. The molecule has 0 atom stereocenters. The Morgan fingerprint density at radius 3 is 0.940 bits per heavy atom. The summed E-state index contributed by atoms with van der Waals surface area (Å²) in [7, 11) is 3.70. The normalized spacial score (nSPS) is 9.07. The zero-order valence-corrected chi connectivity index (χ0v) is 75.4. The van der Waals surface area contributed by atoms with Crippen molar-refractivity contribution in [1.82, 2.24) is 40.5 Å². The first kappa shape index (κ1) is 124. The molecule has 7 heterocycles. The zero-order valence-electron chi connectivity index (χ0n) is 65.0. The maximum Gasteiger partial charge on any atom is 0.261 e. The number of benzene rings is 7. The number of thiocarbonyl (C=S) groups is 1. The van der Waals surface area contributed by atoms with Crippen molar-refractivity contribution in [2.24, 2.45) is 22.3 Å². The Morgan fingerprint density at radius 1 is 0.421 bits per heavy atom. The first-order chi connectivity index (χ1) is 59.9. The number of carbonyl (C=O) groups is 4. The predicted molar refractivity (Wildman–Crippen MR) is 571 cm³/mol. The van der Waals surface area contributed by atoms with Crippen LogP contribution in [0.4, 0.5) is 34.1 Å². The summed E-state index contributed by atoms with van der Waals surface area (Å²) in [5, 5.41) is 31.3. The Hall–Kier alpha value is -12.8. The quantitative estimate of drug-likeness (QED) is 0.00605. The van der Waals surface area contributed by atoms with Gasteiger partial charge in [-0.2, -0.15) is 0 Å². The first-order valence-electron chi connectivity index (χ1n) is 35.4. The molecule has 0 saturated heterocycles. The molecular formula is C95H102Cl5N21O4S8. The van der Waals surface area contributed by atoms with Gasteiger partial charge >= 0.3 is 0 Å². The second kappa shape index (κ2) is 66.5. The van der Waals surface area contributed by atoms with E-state index in [1.54, 1.807) is 137 Å². The third-order valence-electron chi connectivity index (χ3n) is 15.5. The SMILES string of the molecule is C.C.C.C.C.C.C.C.C.CN(C)C(=N)c1ccc(-c2nc(CNC(=O)c3ccc(Cl)s3)cs2)cc1.O=C(CCl)CCl.[C-]#[N+]c1ccc(-c2nc(CCl)cs2)cc1.[C-]#[N+]c1ccc(-c2nc(CN)cs2)cc1.[C-]#[N+]c1ccc(-c2nc(CN=[N+]=[N-])cs2)cc1.[C-]#[N+]c1ccc(-c2nc(CNC(=O)c3ccc(Cl)s3)cs2)cc1.[C-]#[N+]c1ccc(C(N)=O)cc1.[C-]#[N+]c1ccc(C(N)=S)cc1. The molecule has 0 fully saturated rings. The molecule has 3 amide bonds. The highest BCUT2D eigenvalue weighted by atomic mass is 35.5. The number of rotatable bonds is 20. The van der Waals surface area contributed by atoms with Crippen molar-refractivity contribution in [2.45, 2.75) is 98.9 Å². The summed E-state index contributed by atoms with van der Waals surface area (Å²) < 4.78 is 1.19. The largest absolute Gasteiger partial charge is 0.389 e. The molecule has 0 spiro atoms. The second-order valence-corrected chi connectivity index (χ2v) is 33.3. The molecule has 0 aliphatic rings. The second-order valence-electron chi connectivity index (χ2n) is 24.3. The number of ketones is 1. The Balaban J connectivity index is -0.00000148. The van der Waals surface area contributed by atoms with E-state index in [9.17, 15) is 19.2 Å². The number of thiazole rings is 5. The Kier molecular flexibility index (Phi) is 62.2. The number of Topliss-reactive ketones (excluding diaryl/α,β-unsaturated/α-hetero) is 1. The molecule has 0 unspecified atom stereocenters. The van der Waals surface area contributed by atoms with Gasteiger partial charge < -0.3 is 32.7 Å². The molecule has 0 radical (unpaired) electrons. The van der Waals surface area contributed by atoms with Crippen LogP contribution < -0.4 is 27.8 Å². The van der Waals surface area contributed by atoms with Crippen molar-refractivity contribution in [3.63, 3.8) is 0 Å². The van der Waals surface area contributed by atoms with E-state index in [1.165, 1.54) is 68.8 Å². The van der Waals surface area contributed by atoms with E-state index >= 15 is 0 Å². The maximum absolute atomic E-state index is 12.1. The highest BCUT2D eigenvalue weighted by molar-refractivity contribution is 7.80. The van der Waals surface area contributed by atoms with Crippen molar-refractivity contribution < 1.29 is 19.2 Å². The summed E-state index contributed by atoms with van der Waals surface area (Å²) in [5.74, 6) is 0.0670. The summed E-state index contributed by atoms with van der Waals surface area (Å²) in [6.07, 6.45) is 0. The van der Waals surface area contributed by atoms with Gasteiger partial charge in [0.05, 0.1) is 124 Å². The third-order valence-corrected chi connectivity index (χ3v) is 23.8. The van der Waals surface area contributed by atoms with Gasteiger partial charge in [-0.05, 0) is 29.8 Å².